The maximum Gasteiger partial charge on any atom is 0.279 e. The van der Waals surface area contributed by atoms with Crippen LogP contribution in [0, 0.1) is 5.82 Å². The molecule has 1 unspecified atom stereocenters. The van der Waals surface area contributed by atoms with Crippen LogP contribution in [0.1, 0.15) is 30.5 Å². The van der Waals surface area contributed by atoms with Crippen LogP contribution in [0.15, 0.2) is 82.8 Å². The number of nitrogens with one attached hydrogen (secondary N) is 1. The van der Waals surface area contributed by atoms with Gasteiger partial charge in [-0.3, -0.25) is 4.72 Å². The molecular weight excluding hydrogens is 493 g/mol. The lowest BCUT2D eigenvalue weighted by atomic mass is 9.99. The lowest BCUT2D eigenvalue weighted by molar-refractivity contribution is 0.368. The fraction of sp³-hybridized carbons (Fsp3) is 0.208. The fourth-order valence-electron chi connectivity index (χ4n) is 3.71. The summed E-state index contributed by atoms with van der Waals surface area (Å²) >= 11 is 0. The summed E-state index contributed by atoms with van der Waals surface area (Å²) in [5, 5.41) is 4.45. The van der Waals surface area contributed by atoms with Crippen LogP contribution in [0.2, 0.25) is 0 Å². The first kappa shape index (κ1) is 24.7. The minimum absolute atomic E-state index is 0.0836. The van der Waals surface area contributed by atoms with E-state index in [1.54, 1.807) is 48.5 Å². The van der Waals surface area contributed by atoms with Crippen LogP contribution in [0.4, 0.5) is 10.1 Å². The number of methoxy groups -OCH3 is 1. The van der Waals surface area contributed by atoms with E-state index in [1.165, 1.54) is 26.2 Å². The van der Waals surface area contributed by atoms with E-state index in [0.29, 0.717) is 28.3 Å². The molecule has 1 aliphatic rings. The predicted octanol–water partition coefficient (Wildman–Crippen LogP) is 4.14. The molecule has 0 aliphatic carbocycles. The number of sulfonamides is 2. The lowest BCUT2D eigenvalue weighted by Crippen LogP contribution is -2.27. The van der Waals surface area contributed by atoms with Crippen molar-refractivity contribution in [2.24, 2.45) is 5.10 Å². The highest BCUT2D eigenvalue weighted by atomic mass is 32.2. The van der Waals surface area contributed by atoms with E-state index in [0.717, 1.165) is 16.5 Å². The summed E-state index contributed by atoms with van der Waals surface area (Å²) in [6.45, 7) is 1.53. The van der Waals surface area contributed by atoms with Gasteiger partial charge in [0.2, 0.25) is 10.0 Å². The molecule has 8 nitrogen and oxygen atoms in total. The molecule has 1 heterocycles. The highest BCUT2D eigenvalue weighted by molar-refractivity contribution is 7.92. The average molecular weight is 518 g/mol. The van der Waals surface area contributed by atoms with E-state index in [9.17, 15) is 21.2 Å². The van der Waals surface area contributed by atoms with E-state index in [1.807, 2.05) is 0 Å². The van der Waals surface area contributed by atoms with Crippen molar-refractivity contribution in [3.63, 3.8) is 0 Å². The third kappa shape index (κ3) is 5.30. The van der Waals surface area contributed by atoms with Crippen molar-refractivity contribution >= 4 is 31.4 Å². The van der Waals surface area contributed by atoms with Gasteiger partial charge in [-0.1, -0.05) is 24.3 Å². The number of halogens is 1. The van der Waals surface area contributed by atoms with Gasteiger partial charge >= 0.3 is 0 Å². The van der Waals surface area contributed by atoms with Crippen LogP contribution in [-0.4, -0.2) is 39.8 Å². The SMILES string of the molecule is CCS(=O)(=O)Nc1cccc(C2=NN(S(=O)(=O)c3ccc(F)cc3)C(c3cccc(OC)c3)C2)c1. The molecule has 3 aromatic rings. The van der Waals surface area contributed by atoms with Crippen LogP contribution in [0.5, 0.6) is 5.75 Å². The average Bonchev–Trinajstić information content (AvgIpc) is 3.31. The minimum atomic E-state index is -4.13. The molecule has 0 saturated heterocycles. The second-order valence-electron chi connectivity index (χ2n) is 7.86. The van der Waals surface area contributed by atoms with Gasteiger partial charge in [0, 0.05) is 12.1 Å². The fourth-order valence-corrected chi connectivity index (χ4v) is 5.77. The number of rotatable bonds is 8. The van der Waals surface area contributed by atoms with Crippen molar-refractivity contribution in [3.05, 3.63) is 89.7 Å². The van der Waals surface area contributed by atoms with Gasteiger partial charge in [0.15, 0.2) is 0 Å². The zero-order valence-electron chi connectivity index (χ0n) is 19.0. The van der Waals surface area contributed by atoms with E-state index in [-0.39, 0.29) is 17.1 Å². The highest BCUT2D eigenvalue weighted by Crippen LogP contribution is 2.38. The summed E-state index contributed by atoms with van der Waals surface area (Å²) in [4.78, 5) is -0.0961. The Balaban J connectivity index is 1.78. The quantitative estimate of drug-likeness (QED) is 0.484. The first-order valence-electron chi connectivity index (χ1n) is 10.8. The summed E-state index contributed by atoms with van der Waals surface area (Å²) in [5.41, 5.74) is 2.05. The molecule has 0 fully saturated rings. The van der Waals surface area contributed by atoms with Crippen molar-refractivity contribution in [1.29, 1.82) is 0 Å². The zero-order chi connectivity index (χ0) is 25.2. The number of benzene rings is 3. The van der Waals surface area contributed by atoms with Gasteiger partial charge in [0.05, 0.1) is 29.5 Å². The third-order valence-electron chi connectivity index (χ3n) is 5.56. The molecular formula is C24H24FN3O5S2. The van der Waals surface area contributed by atoms with Gasteiger partial charge in [-0.2, -0.15) is 17.9 Å². The van der Waals surface area contributed by atoms with Gasteiger partial charge in [-0.25, -0.2) is 12.8 Å². The molecule has 1 aliphatic heterocycles. The Morgan fingerprint density at radius 3 is 2.43 bits per heavy atom. The van der Waals surface area contributed by atoms with Crippen molar-refractivity contribution in [3.8, 4) is 5.75 Å². The molecule has 0 saturated carbocycles. The van der Waals surface area contributed by atoms with Crippen LogP contribution in [-0.2, 0) is 20.0 Å². The Labute approximate surface area is 204 Å². The Hall–Kier alpha value is -3.44. The number of ether oxygens (including phenoxy) is 1. The molecule has 0 spiro atoms. The Bertz CT molecular complexity index is 1470. The summed E-state index contributed by atoms with van der Waals surface area (Å²) in [7, 11) is -6.10. The molecule has 35 heavy (non-hydrogen) atoms. The molecule has 1 N–H and O–H groups in total. The normalized spacial score (nSPS) is 16.1. The van der Waals surface area contributed by atoms with Gasteiger partial charge in [-0.05, 0) is 66.6 Å². The largest absolute Gasteiger partial charge is 0.497 e. The second kappa shape index (κ2) is 9.67. The van der Waals surface area contributed by atoms with Crippen LogP contribution in [0.3, 0.4) is 0 Å². The van der Waals surface area contributed by atoms with E-state index in [2.05, 4.69) is 9.82 Å². The number of hydrogen-bond acceptors (Lipinski definition) is 6. The molecule has 1 atom stereocenters. The predicted molar refractivity (Wildman–Crippen MR) is 132 cm³/mol. The number of nitrogens with zero attached hydrogens (tertiary/aromatic N) is 2. The van der Waals surface area contributed by atoms with E-state index >= 15 is 0 Å². The number of anilines is 1. The minimum Gasteiger partial charge on any atom is -0.497 e. The molecule has 0 aromatic heterocycles. The molecule has 4 rings (SSSR count). The Morgan fingerprint density at radius 1 is 1.03 bits per heavy atom. The number of hydrazone groups is 1. The molecule has 184 valence electrons. The second-order valence-corrected chi connectivity index (χ2v) is 11.7. The molecule has 3 aromatic carbocycles. The standard InChI is InChI=1S/C24H24FN3O5S2/c1-3-34(29,30)27-20-8-4-6-17(14-20)23-16-24(18-7-5-9-21(15-18)33-2)28(26-23)35(31,32)22-12-10-19(25)11-13-22/h4-15,24,27H,3,16H2,1-2H3. The molecule has 0 bridgehead atoms. The monoisotopic (exact) mass is 517 g/mol. The zero-order valence-corrected chi connectivity index (χ0v) is 20.7. The summed E-state index contributed by atoms with van der Waals surface area (Å²) in [6.07, 6.45) is 0.234. The van der Waals surface area contributed by atoms with E-state index in [4.69, 9.17) is 4.74 Å². The summed E-state index contributed by atoms with van der Waals surface area (Å²) in [5.74, 6) is -0.0731. The van der Waals surface area contributed by atoms with Crippen molar-refractivity contribution in [2.75, 3.05) is 17.6 Å². The van der Waals surface area contributed by atoms with Crippen molar-refractivity contribution in [2.45, 2.75) is 24.3 Å². The van der Waals surface area contributed by atoms with Gasteiger partial charge in [0.25, 0.3) is 10.0 Å². The highest BCUT2D eigenvalue weighted by Gasteiger charge is 2.38. The first-order chi connectivity index (χ1) is 16.6. The number of hydrogen-bond donors (Lipinski definition) is 1. The van der Waals surface area contributed by atoms with Crippen LogP contribution < -0.4 is 9.46 Å². The van der Waals surface area contributed by atoms with Gasteiger partial charge in [-0.15, -0.1) is 0 Å². The van der Waals surface area contributed by atoms with Crippen LogP contribution >= 0.6 is 0 Å². The lowest BCUT2D eigenvalue weighted by Gasteiger charge is -2.23. The molecule has 11 heteroatoms. The van der Waals surface area contributed by atoms with Crippen molar-refractivity contribution < 1.29 is 26.0 Å². The maximum atomic E-state index is 13.5. The van der Waals surface area contributed by atoms with Crippen LogP contribution in [0.25, 0.3) is 0 Å². The summed E-state index contributed by atoms with van der Waals surface area (Å²) in [6, 6.07) is 17.5. The summed E-state index contributed by atoms with van der Waals surface area (Å²) < 4.78 is 73.3. The first-order valence-corrected chi connectivity index (χ1v) is 13.8. The smallest absolute Gasteiger partial charge is 0.279 e. The Kier molecular flexibility index (Phi) is 6.82. The van der Waals surface area contributed by atoms with Gasteiger partial charge in [0.1, 0.15) is 11.6 Å². The van der Waals surface area contributed by atoms with Crippen molar-refractivity contribution in [1.82, 2.24) is 4.41 Å². The maximum absolute atomic E-state index is 13.5. The van der Waals surface area contributed by atoms with E-state index < -0.39 is 31.9 Å². The molecule has 0 radical (unpaired) electrons. The Morgan fingerprint density at radius 2 is 1.74 bits per heavy atom. The molecule has 0 amide bonds. The van der Waals surface area contributed by atoms with Gasteiger partial charge < -0.3 is 4.74 Å². The third-order valence-corrected chi connectivity index (χ3v) is 8.56. The topological polar surface area (TPSA) is 105 Å².